The van der Waals surface area contributed by atoms with Crippen molar-refractivity contribution in [3.05, 3.63) is 53.1 Å². The third kappa shape index (κ3) is 2.63. The van der Waals surface area contributed by atoms with Gasteiger partial charge in [-0.25, -0.2) is 0 Å². The van der Waals surface area contributed by atoms with Gasteiger partial charge in [0.1, 0.15) is 0 Å². The van der Waals surface area contributed by atoms with Gasteiger partial charge in [-0.2, -0.15) is 0 Å². The summed E-state index contributed by atoms with van der Waals surface area (Å²) in [6.07, 6.45) is 0. The van der Waals surface area contributed by atoms with Crippen LogP contribution in [0.15, 0.2) is 41.3 Å². The van der Waals surface area contributed by atoms with E-state index in [4.69, 9.17) is 5.73 Å². The van der Waals surface area contributed by atoms with Crippen LogP contribution in [0.5, 0.6) is 0 Å². The van der Waals surface area contributed by atoms with Crippen molar-refractivity contribution >= 4 is 29.0 Å². The van der Waals surface area contributed by atoms with Crippen molar-refractivity contribution in [2.75, 3.05) is 22.9 Å². The summed E-state index contributed by atoms with van der Waals surface area (Å²) in [5.74, 6) is 0.969. The second-order valence-corrected chi connectivity index (χ2v) is 6.49. The van der Waals surface area contributed by atoms with Crippen LogP contribution < -0.4 is 10.6 Å². The molecule has 2 N–H and O–H groups in total. The molecule has 0 aliphatic carbocycles. The molecule has 0 saturated heterocycles. The minimum atomic E-state index is 0.0587. The first kappa shape index (κ1) is 14.0. The molecular weight excluding hydrogens is 280 g/mol. The maximum absolute atomic E-state index is 12.9. The standard InChI is InChI=1S/C17H18N2OS/c1-11-3-4-12(2)14(9-11)17(20)19-7-8-21-16-6-5-13(18)10-15(16)19/h3-6,9-10H,7-8,18H2,1-2H3. The summed E-state index contributed by atoms with van der Waals surface area (Å²) < 4.78 is 0. The predicted octanol–water partition coefficient (Wildman–Crippen LogP) is 3.64. The lowest BCUT2D eigenvalue weighted by atomic mass is 10.0. The number of anilines is 2. The molecule has 0 saturated carbocycles. The smallest absolute Gasteiger partial charge is 0.258 e. The third-order valence-corrected chi connectivity index (χ3v) is 4.76. The monoisotopic (exact) mass is 298 g/mol. The van der Waals surface area contributed by atoms with E-state index in [1.54, 1.807) is 11.8 Å². The summed E-state index contributed by atoms with van der Waals surface area (Å²) in [6, 6.07) is 11.8. The summed E-state index contributed by atoms with van der Waals surface area (Å²) >= 11 is 1.77. The number of hydrogen-bond donors (Lipinski definition) is 1. The Bertz CT molecular complexity index is 712. The zero-order valence-electron chi connectivity index (χ0n) is 12.2. The van der Waals surface area contributed by atoms with Crippen LogP contribution in [0.1, 0.15) is 21.5 Å². The van der Waals surface area contributed by atoms with Crippen molar-refractivity contribution in [3.63, 3.8) is 0 Å². The molecule has 1 amide bonds. The van der Waals surface area contributed by atoms with Crippen LogP contribution in [0.4, 0.5) is 11.4 Å². The molecule has 2 aromatic rings. The first-order chi connectivity index (χ1) is 10.1. The fourth-order valence-corrected chi connectivity index (χ4v) is 3.53. The van der Waals surface area contributed by atoms with Crippen LogP contribution in [0.25, 0.3) is 0 Å². The minimum Gasteiger partial charge on any atom is -0.399 e. The largest absolute Gasteiger partial charge is 0.399 e. The molecule has 0 spiro atoms. The van der Waals surface area contributed by atoms with Gasteiger partial charge in [0, 0.05) is 28.4 Å². The molecule has 1 heterocycles. The molecule has 0 bridgehead atoms. The van der Waals surface area contributed by atoms with Gasteiger partial charge < -0.3 is 10.6 Å². The molecular formula is C17H18N2OS. The van der Waals surface area contributed by atoms with Crippen LogP contribution in [-0.2, 0) is 0 Å². The van der Waals surface area contributed by atoms with Gasteiger partial charge in [0.25, 0.3) is 5.91 Å². The van der Waals surface area contributed by atoms with E-state index in [2.05, 4.69) is 0 Å². The van der Waals surface area contributed by atoms with E-state index in [1.165, 1.54) is 0 Å². The molecule has 0 aromatic heterocycles. The van der Waals surface area contributed by atoms with Gasteiger partial charge in [-0.3, -0.25) is 4.79 Å². The van der Waals surface area contributed by atoms with E-state index in [-0.39, 0.29) is 5.91 Å². The molecule has 21 heavy (non-hydrogen) atoms. The molecule has 0 fully saturated rings. The lowest BCUT2D eigenvalue weighted by Gasteiger charge is -2.30. The Morgan fingerprint density at radius 1 is 1.19 bits per heavy atom. The number of nitrogens with two attached hydrogens (primary N) is 1. The quantitative estimate of drug-likeness (QED) is 0.818. The predicted molar refractivity (Wildman–Crippen MR) is 89.2 cm³/mol. The van der Waals surface area contributed by atoms with E-state index in [9.17, 15) is 4.79 Å². The number of nitrogens with zero attached hydrogens (tertiary/aromatic N) is 1. The Hall–Kier alpha value is -1.94. The molecule has 1 aliphatic rings. The maximum atomic E-state index is 12.9. The van der Waals surface area contributed by atoms with Gasteiger partial charge in [-0.15, -0.1) is 11.8 Å². The van der Waals surface area contributed by atoms with Gasteiger partial charge >= 0.3 is 0 Å². The maximum Gasteiger partial charge on any atom is 0.258 e. The van der Waals surface area contributed by atoms with Crippen molar-refractivity contribution in [2.24, 2.45) is 0 Å². The molecule has 0 radical (unpaired) electrons. The van der Waals surface area contributed by atoms with Gasteiger partial charge in [0.2, 0.25) is 0 Å². The third-order valence-electron chi connectivity index (χ3n) is 3.71. The lowest BCUT2D eigenvalue weighted by molar-refractivity contribution is 0.0987. The molecule has 0 atom stereocenters. The number of rotatable bonds is 1. The summed E-state index contributed by atoms with van der Waals surface area (Å²) in [7, 11) is 0. The van der Waals surface area contributed by atoms with E-state index in [0.29, 0.717) is 12.2 Å². The number of nitrogen functional groups attached to an aromatic ring is 1. The van der Waals surface area contributed by atoms with Crippen molar-refractivity contribution in [3.8, 4) is 0 Å². The highest BCUT2D eigenvalue weighted by Crippen LogP contribution is 2.37. The number of carbonyl (C=O) groups is 1. The number of fused-ring (bicyclic) bond motifs is 1. The number of thioether (sulfide) groups is 1. The second-order valence-electron chi connectivity index (χ2n) is 5.35. The molecule has 1 aliphatic heterocycles. The van der Waals surface area contributed by atoms with Crippen molar-refractivity contribution in [1.29, 1.82) is 0 Å². The van der Waals surface area contributed by atoms with Crippen LogP contribution in [-0.4, -0.2) is 18.2 Å². The molecule has 108 valence electrons. The number of hydrogen-bond acceptors (Lipinski definition) is 3. The first-order valence-electron chi connectivity index (χ1n) is 6.98. The van der Waals surface area contributed by atoms with E-state index in [1.807, 2.05) is 55.1 Å². The SMILES string of the molecule is Cc1ccc(C)c(C(=O)N2CCSc3ccc(N)cc32)c1. The summed E-state index contributed by atoms with van der Waals surface area (Å²) in [5, 5.41) is 0. The van der Waals surface area contributed by atoms with Crippen LogP contribution in [0.3, 0.4) is 0 Å². The zero-order chi connectivity index (χ0) is 15.0. The molecule has 0 unspecified atom stereocenters. The zero-order valence-corrected chi connectivity index (χ0v) is 13.0. The first-order valence-corrected chi connectivity index (χ1v) is 7.96. The van der Waals surface area contributed by atoms with E-state index >= 15 is 0 Å². The van der Waals surface area contributed by atoms with Crippen molar-refractivity contribution in [2.45, 2.75) is 18.7 Å². The molecule has 3 nitrogen and oxygen atoms in total. The van der Waals surface area contributed by atoms with Gasteiger partial charge in [0.05, 0.1) is 5.69 Å². The molecule has 4 heteroatoms. The summed E-state index contributed by atoms with van der Waals surface area (Å²) in [4.78, 5) is 15.9. The Kier molecular flexibility index (Phi) is 3.64. The lowest BCUT2D eigenvalue weighted by Crippen LogP contribution is -2.36. The highest BCUT2D eigenvalue weighted by atomic mass is 32.2. The fourth-order valence-electron chi connectivity index (χ4n) is 2.56. The van der Waals surface area contributed by atoms with Gasteiger partial charge in [-0.05, 0) is 43.7 Å². The Morgan fingerprint density at radius 3 is 2.81 bits per heavy atom. The Labute approximate surface area is 129 Å². The number of aryl methyl sites for hydroxylation is 2. The average Bonchev–Trinajstić information content (AvgIpc) is 2.48. The molecule has 3 rings (SSSR count). The van der Waals surface area contributed by atoms with Crippen LogP contribution >= 0.6 is 11.8 Å². The number of amides is 1. The van der Waals surface area contributed by atoms with Crippen LogP contribution in [0, 0.1) is 13.8 Å². The van der Waals surface area contributed by atoms with E-state index < -0.39 is 0 Å². The number of carbonyl (C=O) groups excluding carboxylic acids is 1. The highest BCUT2D eigenvalue weighted by molar-refractivity contribution is 7.99. The average molecular weight is 298 g/mol. The van der Waals surface area contributed by atoms with Crippen molar-refractivity contribution < 1.29 is 4.79 Å². The highest BCUT2D eigenvalue weighted by Gasteiger charge is 2.25. The fraction of sp³-hybridized carbons (Fsp3) is 0.235. The van der Waals surface area contributed by atoms with Crippen LogP contribution in [0.2, 0.25) is 0 Å². The number of benzene rings is 2. The summed E-state index contributed by atoms with van der Waals surface area (Å²) in [5.41, 5.74) is 10.4. The van der Waals surface area contributed by atoms with Crippen molar-refractivity contribution in [1.82, 2.24) is 0 Å². The molecule has 2 aromatic carbocycles. The topological polar surface area (TPSA) is 46.3 Å². The second kappa shape index (κ2) is 5.45. The summed E-state index contributed by atoms with van der Waals surface area (Å²) in [6.45, 7) is 4.70. The van der Waals surface area contributed by atoms with Gasteiger partial charge in [-0.1, -0.05) is 17.7 Å². The normalized spacial score (nSPS) is 13.9. The van der Waals surface area contributed by atoms with Gasteiger partial charge in [0.15, 0.2) is 0 Å². The Morgan fingerprint density at radius 2 is 2.00 bits per heavy atom. The van der Waals surface area contributed by atoms with E-state index in [0.717, 1.165) is 33.0 Å². The minimum absolute atomic E-state index is 0.0587. The Balaban J connectivity index is 2.04.